The summed E-state index contributed by atoms with van der Waals surface area (Å²) in [6.07, 6.45) is 4.30. The molecule has 0 unspecified atom stereocenters. The van der Waals surface area contributed by atoms with Crippen LogP contribution in [0.4, 0.5) is 5.69 Å². The van der Waals surface area contributed by atoms with E-state index in [4.69, 9.17) is 0 Å². The van der Waals surface area contributed by atoms with Crippen molar-refractivity contribution in [1.82, 2.24) is 4.98 Å². The standard InChI is InChI=1S/C13H13N3O.Na/c17-16-15-13-9-5-1-3-7-11(9)14-12-8-4-2-6-10(12)13;/h1,3,5,7H,2,4,6,8H2,(H,14,15,17);/q;+1. The SMILES string of the molecule is O=NNc1c2c(nc3ccccc13)CCCC2.[Na+]. The normalized spacial score (nSPS) is 13.6. The molecule has 0 spiro atoms. The van der Waals surface area contributed by atoms with E-state index in [1.165, 1.54) is 6.42 Å². The number of anilines is 1. The van der Waals surface area contributed by atoms with E-state index in [0.717, 1.165) is 47.1 Å². The van der Waals surface area contributed by atoms with Crippen molar-refractivity contribution >= 4 is 16.6 Å². The Kier molecular flexibility index (Phi) is 4.32. The average Bonchev–Trinajstić information content (AvgIpc) is 2.39. The molecule has 1 aliphatic rings. The maximum atomic E-state index is 10.5. The largest absolute Gasteiger partial charge is 1.00 e. The molecule has 1 aromatic heterocycles. The molecule has 0 saturated carbocycles. The third kappa shape index (κ3) is 2.28. The predicted octanol–water partition coefficient (Wildman–Crippen LogP) is 0.211. The van der Waals surface area contributed by atoms with E-state index in [9.17, 15) is 4.91 Å². The van der Waals surface area contributed by atoms with Gasteiger partial charge in [-0.2, -0.15) is 0 Å². The summed E-state index contributed by atoms with van der Waals surface area (Å²) in [4.78, 5) is 15.2. The average molecular weight is 250 g/mol. The van der Waals surface area contributed by atoms with Gasteiger partial charge in [0.2, 0.25) is 0 Å². The molecule has 86 valence electrons. The summed E-state index contributed by atoms with van der Waals surface area (Å²) in [5.41, 5.74) is 6.66. The first-order valence-corrected chi connectivity index (χ1v) is 5.89. The van der Waals surface area contributed by atoms with Gasteiger partial charge in [-0.3, -0.25) is 4.98 Å². The van der Waals surface area contributed by atoms with E-state index in [2.05, 4.69) is 15.7 Å². The number of benzene rings is 1. The van der Waals surface area contributed by atoms with Crippen LogP contribution < -0.4 is 35.0 Å². The number of aryl methyl sites for hydroxylation is 1. The van der Waals surface area contributed by atoms with Crippen LogP contribution in [-0.4, -0.2) is 4.98 Å². The summed E-state index contributed by atoms with van der Waals surface area (Å²) >= 11 is 0. The minimum atomic E-state index is 0. The third-order valence-corrected chi connectivity index (χ3v) is 3.33. The number of nitroso groups, excluding NO2 is 1. The molecule has 0 amide bonds. The van der Waals surface area contributed by atoms with Crippen LogP contribution in [0, 0.1) is 4.91 Å². The molecular formula is C13H13N3NaO+. The van der Waals surface area contributed by atoms with Gasteiger partial charge in [0.15, 0.2) is 0 Å². The molecule has 18 heavy (non-hydrogen) atoms. The first kappa shape index (κ1) is 13.5. The summed E-state index contributed by atoms with van der Waals surface area (Å²) in [5, 5.41) is 3.82. The quantitative estimate of drug-likeness (QED) is 0.471. The van der Waals surface area contributed by atoms with E-state index < -0.39 is 0 Å². The summed E-state index contributed by atoms with van der Waals surface area (Å²) in [6, 6.07) is 7.86. The van der Waals surface area contributed by atoms with Crippen molar-refractivity contribution in [2.45, 2.75) is 25.7 Å². The molecule has 0 aliphatic heterocycles. The Morgan fingerprint density at radius 1 is 1.17 bits per heavy atom. The molecule has 3 rings (SSSR count). The molecule has 4 nitrogen and oxygen atoms in total. The van der Waals surface area contributed by atoms with Gasteiger partial charge in [0.1, 0.15) is 0 Å². The van der Waals surface area contributed by atoms with Crippen LogP contribution >= 0.6 is 0 Å². The molecule has 1 heterocycles. The Morgan fingerprint density at radius 2 is 1.94 bits per heavy atom. The zero-order valence-corrected chi connectivity index (χ0v) is 12.4. The molecule has 1 aliphatic carbocycles. The second-order valence-electron chi connectivity index (χ2n) is 4.34. The van der Waals surface area contributed by atoms with Crippen LogP contribution in [0.5, 0.6) is 0 Å². The fraction of sp³-hybridized carbons (Fsp3) is 0.308. The predicted molar refractivity (Wildman–Crippen MR) is 67.8 cm³/mol. The van der Waals surface area contributed by atoms with Crippen molar-refractivity contribution in [2.75, 3.05) is 5.43 Å². The maximum Gasteiger partial charge on any atom is 1.00 e. The number of fused-ring (bicyclic) bond motifs is 2. The fourth-order valence-corrected chi connectivity index (χ4v) is 2.55. The Balaban J connectivity index is 0.00000120. The summed E-state index contributed by atoms with van der Waals surface area (Å²) in [5.74, 6) is 0. The minimum Gasteiger partial charge on any atom is -0.252 e. The van der Waals surface area contributed by atoms with Gasteiger partial charge in [-0.1, -0.05) is 18.2 Å². The van der Waals surface area contributed by atoms with Crippen LogP contribution in [0.25, 0.3) is 10.9 Å². The summed E-state index contributed by atoms with van der Waals surface area (Å²) < 4.78 is 0. The molecule has 5 heteroatoms. The van der Waals surface area contributed by atoms with Crippen molar-refractivity contribution < 1.29 is 29.6 Å². The molecular weight excluding hydrogens is 237 g/mol. The maximum absolute atomic E-state index is 10.5. The molecule has 0 bridgehead atoms. The van der Waals surface area contributed by atoms with Gasteiger partial charge in [-0.25, -0.2) is 5.43 Å². The van der Waals surface area contributed by atoms with Crippen molar-refractivity contribution in [3.63, 3.8) is 0 Å². The number of hydrogen-bond donors (Lipinski definition) is 1. The Hall–Kier alpha value is -0.970. The molecule has 1 N–H and O–H groups in total. The van der Waals surface area contributed by atoms with Crippen LogP contribution in [0.3, 0.4) is 0 Å². The summed E-state index contributed by atoms with van der Waals surface area (Å²) in [6.45, 7) is 0. The van der Waals surface area contributed by atoms with Gasteiger partial charge < -0.3 is 0 Å². The van der Waals surface area contributed by atoms with Crippen molar-refractivity contribution in [1.29, 1.82) is 0 Å². The van der Waals surface area contributed by atoms with E-state index in [-0.39, 0.29) is 29.6 Å². The molecule has 0 radical (unpaired) electrons. The zero-order chi connectivity index (χ0) is 11.7. The molecule has 2 aromatic rings. The first-order valence-electron chi connectivity index (χ1n) is 5.89. The molecule has 0 atom stereocenters. The van der Waals surface area contributed by atoms with Crippen molar-refractivity contribution in [3.8, 4) is 0 Å². The number of rotatable bonds is 2. The third-order valence-electron chi connectivity index (χ3n) is 3.33. The smallest absolute Gasteiger partial charge is 0.252 e. The van der Waals surface area contributed by atoms with E-state index in [1.54, 1.807) is 0 Å². The van der Waals surface area contributed by atoms with Crippen LogP contribution in [0.15, 0.2) is 29.6 Å². The van der Waals surface area contributed by atoms with Gasteiger partial charge in [0, 0.05) is 11.1 Å². The van der Waals surface area contributed by atoms with Crippen molar-refractivity contribution in [2.24, 2.45) is 5.29 Å². The second-order valence-corrected chi connectivity index (χ2v) is 4.34. The number of aromatic nitrogens is 1. The number of pyridine rings is 1. The number of hydrogen-bond acceptors (Lipinski definition) is 3. The number of para-hydroxylation sites is 1. The van der Waals surface area contributed by atoms with Gasteiger partial charge in [-0.15, -0.1) is 4.91 Å². The fourth-order valence-electron chi connectivity index (χ4n) is 2.55. The first-order chi connectivity index (χ1) is 8.40. The Morgan fingerprint density at radius 3 is 2.78 bits per heavy atom. The van der Waals surface area contributed by atoms with E-state index in [1.807, 2.05) is 24.3 Å². The Bertz CT molecular complexity index is 586. The van der Waals surface area contributed by atoms with Gasteiger partial charge >= 0.3 is 29.6 Å². The molecule has 1 aromatic carbocycles. The zero-order valence-electron chi connectivity index (χ0n) is 10.4. The van der Waals surface area contributed by atoms with Crippen LogP contribution in [0.1, 0.15) is 24.1 Å². The van der Waals surface area contributed by atoms with Crippen LogP contribution in [0.2, 0.25) is 0 Å². The number of nitrogens with zero attached hydrogens (tertiary/aromatic N) is 2. The monoisotopic (exact) mass is 250 g/mol. The van der Waals surface area contributed by atoms with E-state index >= 15 is 0 Å². The topological polar surface area (TPSA) is 54.4 Å². The van der Waals surface area contributed by atoms with Gasteiger partial charge in [0.25, 0.3) is 0 Å². The van der Waals surface area contributed by atoms with Gasteiger partial charge in [0.05, 0.1) is 16.5 Å². The van der Waals surface area contributed by atoms with Crippen molar-refractivity contribution in [3.05, 3.63) is 40.4 Å². The van der Waals surface area contributed by atoms with Crippen LogP contribution in [-0.2, 0) is 12.8 Å². The molecule has 0 saturated heterocycles. The van der Waals surface area contributed by atoms with Gasteiger partial charge in [-0.05, 0) is 37.3 Å². The number of nitrogens with one attached hydrogen (secondary N) is 1. The summed E-state index contributed by atoms with van der Waals surface area (Å²) in [7, 11) is 0. The minimum absolute atomic E-state index is 0. The second kappa shape index (κ2) is 5.78. The Labute approximate surface area is 127 Å². The molecule has 0 fully saturated rings. The van der Waals surface area contributed by atoms with E-state index in [0.29, 0.717) is 0 Å².